The highest BCUT2D eigenvalue weighted by molar-refractivity contribution is 9.10. The summed E-state index contributed by atoms with van der Waals surface area (Å²) in [5.74, 6) is 1.22. The van der Waals surface area contributed by atoms with Gasteiger partial charge in [0.1, 0.15) is 15.7 Å². The summed E-state index contributed by atoms with van der Waals surface area (Å²) in [4.78, 5) is 25.1. The van der Waals surface area contributed by atoms with Crippen LogP contribution in [0.4, 0.5) is 0 Å². The molecule has 5 rings (SSSR count). The van der Waals surface area contributed by atoms with E-state index in [9.17, 15) is 13.2 Å². The number of imidazole rings is 2. The molecule has 0 bridgehead atoms. The summed E-state index contributed by atoms with van der Waals surface area (Å²) in [6.45, 7) is 0.792. The largest absolute Gasteiger partial charge is 0.326 e. The highest BCUT2D eigenvalue weighted by atomic mass is 79.9. The zero-order valence-corrected chi connectivity index (χ0v) is 19.4. The summed E-state index contributed by atoms with van der Waals surface area (Å²) in [7, 11) is -3.05. The number of halogens is 1. The molecule has 3 aromatic heterocycles. The van der Waals surface area contributed by atoms with Gasteiger partial charge in [-0.05, 0) is 43.5 Å². The third kappa shape index (κ3) is 4.06. The minimum absolute atomic E-state index is 0.103. The van der Waals surface area contributed by atoms with E-state index < -0.39 is 9.84 Å². The number of aryl methyl sites for hydroxylation is 1. The number of nitrogens with zero attached hydrogens (tertiary/aromatic N) is 4. The number of aromatic nitrogens is 5. The van der Waals surface area contributed by atoms with E-state index in [-0.39, 0.29) is 18.0 Å². The van der Waals surface area contributed by atoms with Crippen LogP contribution in [0.2, 0.25) is 0 Å². The second kappa shape index (κ2) is 7.59. The van der Waals surface area contributed by atoms with Gasteiger partial charge in [0.25, 0.3) is 0 Å². The molecule has 1 aromatic carbocycles. The topological polar surface area (TPSA) is 103 Å². The molecule has 1 saturated carbocycles. The maximum Gasteiger partial charge on any atom is 0.326 e. The average Bonchev–Trinajstić information content (AvgIpc) is 3.42. The van der Waals surface area contributed by atoms with Gasteiger partial charge in [-0.25, -0.2) is 18.2 Å². The molecular formula is C21H22BrN5O3S. The smallest absolute Gasteiger partial charge is 0.326 e. The second-order valence-electron chi connectivity index (χ2n) is 8.18. The van der Waals surface area contributed by atoms with Gasteiger partial charge in [0.05, 0.1) is 40.1 Å². The van der Waals surface area contributed by atoms with Gasteiger partial charge in [0.2, 0.25) is 0 Å². The third-order valence-electron chi connectivity index (χ3n) is 5.66. The van der Waals surface area contributed by atoms with Gasteiger partial charge < -0.3 is 9.55 Å². The zero-order chi connectivity index (χ0) is 21.8. The monoisotopic (exact) mass is 503 g/mol. The molecular weight excluding hydrogens is 482 g/mol. The first-order chi connectivity index (χ1) is 14.8. The standard InChI is InChI=1S/C21H22BrN5O3S/c1-31(29,30)10-2-9-26-17-6-5-14(22)11-16(17)24-18(26)12-27-20-15(25-21(27)28)7-8-23-19(20)13-3-4-13/h5-8,11,13H,2-4,9-10,12H2,1H3,(H,25,28). The van der Waals surface area contributed by atoms with Crippen LogP contribution in [0.15, 0.2) is 39.7 Å². The summed E-state index contributed by atoms with van der Waals surface area (Å²) >= 11 is 3.49. The van der Waals surface area contributed by atoms with Crippen molar-refractivity contribution >= 4 is 47.8 Å². The predicted octanol–water partition coefficient (Wildman–Crippen LogP) is 3.20. The Bertz CT molecular complexity index is 1460. The van der Waals surface area contributed by atoms with E-state index >= 15 is 0 Å². The van der Waals surface area contributed by atoms with Crippen molar-refractivity contribution in [1.82, 2.24) is 24.1 Å². The molecule has 10 heteroatoms. The maximum atomic E-state index is 12.8. The van der Waals surface area contributed by atoms with Crippen LogP contribution in [0.3, 0.4) is 0 Å². The lowest BCUT2D eigenvalue weighted by Gasteiger charge is -2.11. The molecule has 31 heavy (non-hydrogen) atoms. The highest BCUT2D eigenvalue weighted by Gasteiger charge is 2.29. The number of hydrogen-bond acceptors (Lipinski definition) is 5. The number of nitrogens with one attached hydrogen (secondary N) is 1. The summed E-state index contributed by atoms with van der Waals surface area (Å²) in [6, 6.07) is 7.66. The van der Waals surface area contributed by atoms with Crippen LogP contribution in [0.1, 0.15) is 36.7 Å². The summed E-state index contributed by atoms with van der Waals surface area (Å²) in [5, 5.41) is 0. The number of benzene rings is 1. The Labute approximate surface area is 187 Å². The Balaban J connectivity index is 1.60. The molecule has 0 radical (unpaired) electrons. The van der Waals surface area contributed by atoms with Crippen LogP contribution in [-0.4, -0.2) is 44.5 Å². The molecule has 0 atom stereocenters. The second-order valence-corrected chi connectivity index (χ2v) is 11.4. The van der Waals surface area contributed by atoms with Gasteiger partial charge in [-0.3, -0.25) is 9.55 Å². The van der Waals surface area contributed by atoms with Crippen molar-refractivity contribution in [3.8, 4) is 0 Å². The van der Waals surface area contributed by atoms with Gasteiger partial charge in [0.15, 0.2) is 0 Å². The molecule has 0 saturated heterocycles. The van der Waals surface area contributed by atoms with Crippen LogP contribution in [0.25, 0.3) is 22.1 Å². The quantitative estimate of drug-likeness (QED) is 0.417. The number of pyridine rings is 1. The van der Waals surface area contributed by atoms with E-state index in [4.69, 9.17) is 4.98 Å². The maximum absolute atomic E-state index is 12.8. The van der Waals surface area contributed by atoms with Crippen molar-refractivity contribution in [2.24, 2.45) is 0 Å². The minimum atomic E-state index is -3.05. The van der Waals surface area contributed by atoms with E-state index in [1.165, 1.54) is 6.26 Å². The van der Waals surface area contributed by atoms with E-state index in [0.29, 0.717) is 18.9 Å². The van der Waals surface area contributed by atoms with Crippen LogP contribution in [0, 0.1) is 0 Å². The van der Waals surface area contributed by atoms with Crippen molar-refractivity contribution < 1.29 is 8.42 Å². The Morgan fingerprint density at radius 3 is 2.77 bits per heavy atom. The molecule has 162 valence electrons. The minimum Gasteiger partial charge on any atom is -0.326 e. The third-order valence-corrected chi connectivity index (χ3v) is 7.18. The van der Waals surface area contributed by atoms with Crippen molar-refractivity contribution in [3.05, 3.63) is 56.9 Å². The first-order valence-corrected chi connectivity index (χ1v) is 13.1. The SMILES string of the molecule is CS(=O)(=O)CCCn1c(Cn2c(=O)[nH]c3ccnc(C4CC4)c32)nc2cc(Br)ccc21. The van der Waals surface area contributed by atoms with Crippen molar-refractivity contribution in [2.75, 3.05) is 12.0 Å². The van der Waals surface area contributed by atoms with Gasteiger partial charge in [-0.1, -0.05) is 15.9 Å². The highest BCUT2D eigenvalue weighted by Crippen LogP contribution is 2.41. The van der Waals surface area contributed by atoms with E-state index in [2.05, 4.69) is 25.9 Å². The number of sulfone groups is 1. The number of rotatable bonds is 7. The fraction of sp³-hybridized carbons (Fsp3) is 0.381. The lowest BCUT2D eigenvalue weighted by atomic mass is 10.2. The van der Waals surface area contributed by atoms with E-state index in [1.807, 2.05) is 28.8 Å². The van der Waals surface area contributed by atoms with Gasteiger partial charge in [-0.2, -0.15) is 0 Å². The Morgan fingerprint density at radius 2 is 2.03 bits per heavy atom. The molecule has 0 aliphatic heterocycles. The molecule has 1 aliphatic carbocycles. The molecule has 0 spiro atoms. The zero-order valence-electron chi connectivity index (χ0n) is 17.0. The molecule has 0 unspecified atom stereocenters. The normalized spacial score (nSPS) is 14.6. The summed E-state index contributed by atoms with van der Waals surface area (Å²) < 4.78 is 27.9. The lowest BCUT2D eigenvalue weighted by molar-refractivity contribution is 0.586. The van der Waals surface area contributed by atoms with Crippen molar-refractivity contribution in [3.63, 3.8) is 0 Å². The predicted molar refractivity (Wildman–Crippen MR) is 123 cm³/mol. The molecule has 0 amide bonds. The van der Waals surface area contributed by atoms with Crippen LogP contribution < -0.4 is 5.69 Å². The molecule has 4 aromatic rings. The molecule has 8 nitrogen and oxygen atoms in total. The summed E-state index contributed by atoms with van der Waals surface area (Å²) in [6.07, 6.45) is 5.64. The molecule has 3 heterocycles. The van der Waals surface area contributed by atoms with E-state index in [1.54, 1.807) is 10.8 Å². The van der Waals surface area contributed by atoms with Gasteiger partial charge in [0, 0.05) is 29.4 Å². The van der Waals surface area contributed by atoms with Crippen molar-refractivity contribution in [1.29, 1.82) is 0 Å². The first-order valence-electron chi connectivity index (χ1n) is 10.2. The first kappa shape index (κ1) is 20.4. The number of H-pyrrole nitrogens is 1. The van der Waals surface area contributed by atoms with Crippen LogP contribution in [0.5, 0.6) is 0 Å². The Morgan fingerprint density at radius 1 is 1.23 bits per heavy atom. The Kier molecular flexibility index (Phi) is 5.01. The number of fused-ring (bicyclic) bond motifs is 2. The lowest BCUT2D eigenvalue weighted by Crippen LogP contribution is -2.21. The number of aromatic amines is 1. The van der Waals surface area contributed by atoms with Crippen LogP contribution in [-0.2, 0) is 22.9 Å². The summed E-state index contributed by atoms with van der Waals surface area (Å²) in [5.41, 5.74) is 4.10. The fourth-order valence-electron chi connectivity index (χ4n) is 4.09. The van der Waals surface area contributed by atoms with Crippen LogP contribution >= 0.6 is 15.9 Å². The Hall–Kier alpha value is -2.46. The van der Waals surface area contributed by atoms with Crippen molar-refractivity contribution in [2.45, 2.75) is 38.3 Å². The average molecular weight is 504 g/mol. The fourth-order valence-corrected chi connectivity index (χ4v) is 5.10. The molecule has 1 fully saturated rings. The van der Waals surface area contributed by atoms with E-state index in [0.717, 1.165) is 50.9 Å². The molecule has 1 N–H and O–H groups in total. The van der Waals surface area contributed by atoms with Gasteiger partial charge in [-0.15, -0.1) is 0 Å². The molecule has 1 aliphatic rings. The van der Waals surface area contributed by atoms with Gasteiger partial charge >= 0.3 is 5.69 Å². The number of hydrogen-bond donors (Lipinski definition) is 1.